The van der Waals surface area contributed by atoms with Gasteiger partial charge in [0, 0.05) is 12.6 Å². The van der Waals surface area contributed by atoms with Crippen LogP contribution >= 0.6 is 0 Å². The zero-order valence-corrected chi connectivity index (χ0v) is 6.42. The Balaban J connectivity index is 2.89. The minimum atomic E-state index is 0.0674. The number of unbranched alkanes of at least 4 members (excludes halogenated alkanes) is 2. The molecule has 0 amide bonds. The maximum absolute atomic E-state index is 5.54. The summed E-state index contributed by atoms with van der Waals surface area (Å²) in [4.78, 5) is 0. The number of nitrogens with two attached hydrogens (primary N) is 3. The van der Waals surface area contributed by atoms with Crippen molar-refractivity contribution in [1.82, 2.24) is 0 Å². The van der Waals surface area contributed by atoms with Gasteiger partial charge in [-0.05, 0) is 19.4 Å². The fraction of sp³-hybridized carbons (Fsp3) is 0.857. The zero-order chi connectivity index (χ0) is 7.82. The molecule has 0 bridgehead atoms. The number of hydrogen-bond acceptors (Lipinski definition) is 3. The van der Waals surface area contributed by atoms with Gasteiger partial charge in [0.15, 0.2) is 0 Å². The van der Waals surface area contributed by atoms with Gasteiger partial charge in [-0.15, -0.1) is 0 Å². The molecule has 0 heterocycles. The molecule has 0 aliphatic rings. The van der Waals surface area contributed by atoms with Crippen molar-refractivity contribution >= 4 is 0 Å². The lowest BCUT2D eigenvalue weighted by molar-refractivity contribution is 0.589. The van der Waals surface area contributed by atoms with Gasteiger partial charge in [-0.2, -0.15) is 0 Å². The molecule has 61 valence electrons. The molecule has 1 atom stereocenters. The molecule has 0 aliphatic carbocycles. The third-order valence-corrected chi connectivity index (χ3v) is 1.49. The van der Waals surface area contributed by atoms with Crippen LogP contribution in [0.15, 0.2) is 0 Å². The summed E-state index contributed by atoms with van der Waals surface area (Å²) in [6.45, 7) is 2.32. The van der Waals surface area contributed by atoms with Crippen LogP contribution < -0.4 is 17.2 Å². The normalized spacial score (nSPS) is 13.5. The second-order valence-electron chi connectivity index (χ2n) is 2.49. The van der Waals surface area contributed by atoms with E-state index >= 15 is 0 Å². The van der Waals surface area contributed by atoms with Gasteiger partial charge < -0.3 is 17.2 Å². The standard InChI is InChI=1S/C7H18N3/c8-5-3-1-2-4-7(10)6-9/h6-7H,1-5,8-10H2. The summed E-state index contributed by atoms with van der Waals surface area (Å²) in [5.74, 6) is 0. The van der Waals surface area contributed by atoms with Crippen molar-refractivity contribution < 1.29 is 0 Å². The Hall–Kier alpha value is -0.120. The Morgan fingerprint density at radius 1 is 1.20 bits per heavy atom. The van der Waals surface area contributed by atoms with Gasteiger partial charge in [0.25, 0.3) is 0 Å². The molecule has 1 unspecified atom stereocenters. The van der Waals surface area contributed by atoms with Gasteiger partial charge in [-0.3, -0.25) is 0 Å². The Labute approximate surface area is 62.9 Å². The first-order valence-corrected chi connectivity index (χ1v) is 3.82. The topological polar surface area (TPSA) is 78.1 Å². The summed E-state index contributed by atoms with van der Waals surface area (Å²) in [5.41, 5.74) is 16.1. The predicted octanol–water partition coefficient (Wildman–Crippen LogP) is -0.0467. The molecule has 0 saturated heterocycles. The summed E-state index contributed by atoms with van der Waals surface area (Å²) >= 11 is 0. The van der Waals surface area contributed by atoms with E-state index in [0.717, 1.165) is 32.2 Å². The lowest BCUT2D eigenvalue weighted by Gasteiger charge is -2.06. The second kappa shape index (κ2) is 6.99. The van der Waals surface area contributed by atoms with Crippen molar-refractivity contribution in [2.45, 2.75) is 31.7 Å². The largest absolute Gasteiger partial charge is 0.330 e. The van der Waals surface area contributed by atoms with Crippen LogP contribution in [0.3, 0.4) is 0 Å². The summed E-state index contributed by atoms with van der Waals surface area (Å²) in [7, 11) is 0. The highest BCUT2D eigenvalue weighted by molar-refractivity contribution is 4.72. The SMILES string of the molecule is N[CH]C(N)CCCCCN. The first-order valence-electron chi connectivity index (χ1n) is 3.82. The van der Waals surface area contributed by atoms with Crippen molar-refractivity contribution in [3.05, 3.63) is 6.54 Å². The monoisotopic (exact) mass is 144 g/mol. The smallest absolute Gasteiger partial charge is 0.0361 e. The van der Waals surface area contributed by atoms with E-state index in [4.69, 9.17) is 17.2 Å². The number of rotatable bonds is 6. The molecule has 0 rings (SSSR count). The van der Waals surface area contributed by atoms with E-state index in [9.17, 15) is 0 Å². The van der Waals surface area contributed by atoms with E-state index in [1.807, 2.05) is 0 Å². The number of hydrogen-bond donors (Lipinski definition) is 3. The average molecular weight is 144 g/mol. The van der Waals surface area contributed by atoms with Gasteiger partial charge in [0.2, 0.25) is 0 Å². The van der Waals surface area contributed by atoms with Gasteiger partial charge in [-0.25, -0.2) is 0 Å². The van der Waals surface area contributed by atoms with Crippen molar-refractivity contribution in [3.63, 3.8) is 0 Å². The minimum absolute atomic E-state index is 0.0674. The van der Waals surface area contributed by atoms with E-state index in [1.165, 1.54) is 0 Å². The lowest BCUT2D eigenvalue weighted by Crippen LogP contribution is -2.24. The zero-order valence-electron chi connectivity index (χ0n) is 6.42. The molecule has 0 aliphatic heterocycles. The average Bonchev–Trinajstić information content (AvgIpc) is 1.98. The van der Waals surface area contributed by atoms with Crippen molar-refractivity contribution in [1.29, 1.82) is 0 Å². The Bertz CT molecular complexity index is 65.9. The van der Waals surface area contributed by atoms with E-state index in [1.54, 1.807) is 6.54 Å². The summed E-state index contributed by atoms with van der Waals surface area (Å²) in [6, 6.07) is 0.0674. The first-order chi connectivity index (χ1) is 4.81. The Morgan fingerprint density at radius 2 is 1.90 bits per heavy atom. The molecular formula is C7H18N3. The molecule has 6 N–H and O–H groups in total. The highest BCUT2D eigenvalue weighted by atomic mass is 14.7. The molecule has 1 radical (unpaired) electrons. The van der Waals surface area contributed by atoms with Crippen LogP contribution in [0.4, 0.5) is 0 Å². The van der Waals surface area contributed by atoms with Crippen molar-refractivity contribution in [2.75, 3.05) is 6.54 Å². The maximum Gasteiger partial charge on any atom is 0.0361 e. The molecule has 0 spiro atoms. The Kier molecular flexibility index (Phi) is 6.91. The van der Waals surface area contributed by atoms with Gasteiger partial charge in [-0.1, -0.05) is 12.8 Å². The van der Waals surface area contributed by atoms with E-state index in [-0.39, 0.29) is 6.04 Å². The second-order valence-corrected chi connectivity index (χ2v) is 2.49. The summed E-state index contributed by atoms with van der Waals surface area (Å²) < 4.78 is 0. The minimum Gasteiger partial charge on any atom is -0.330 e. The van der Waals surface area contributed by atoms with E-state index in [2.05, 4.69) is 0 Å². The maximum atomic E-state index is 5.54. The van der Waals surface area contributed by atoms with Crippen LogP contribution in [0.5, 0.6) is 0 Å². The van der Waals surface area contributed by atoms with E-state index in [0.29, 0.717) is 0 Å². The lowest BCUT2D eigenvalue weighted by atomic mass is 10.1. The molecule has 0 aromatic carbocycles. The van der Waals surface area contributed by atoms with Crippen LogP contribution in [-0.4, -0.2) is 12.6 Å². The summed E-state index contributed by atoms with van der Waals surface area (Å²) in [6.07, 6.45) is 4.37. The molecular weight excluding hydrogens is 126 g/mol. The van der Waals surface area contributed by atoms with Gasteiger partial charge in [0.05, 0.1) is 0 Å². The first kappa shape index (κ1) is 9.88. The molecule has 0 saturated carbocycles. The molecule has 3 nitrogen and oxygen atoms in total. The Morgan fingerprint density at radius 3 is 2.40 bits per heavy atom. The fourth-order valence-corrected chi connectivity index (χ4v) is 0.797. The third kappa shape index (κ3) is 6.01. The predicted molar refractivity (Wildman–Crippen MR) is 44.0 cm³/mol. The van der Waals surface area contributed by atoms with E-state index < -0.39 is 0 Å². The van der Waals surface area contributed by atoms with Crippen LogP contribution in [0.2, 0.25) is 0 Å². The van der Waals surface area contributed by atoms with Crippen molar-refractivity contribution in [3.8, 4) is 0 Å². The molecule has 0 aromatic heterocycles. The third-order valence-electron chi connectivity index (χ3n) is 1.49. The molecule has 0 fully saturated rings. The molecule has 0 aromatic rings. The van der Waals surface area contributed by atoms with Crippen LogP contribution in [0, 0.1) is 6.54 Å². The highest BCUT2D eigenvalue weighted by Crippen LogP contribution is 2.01. The van der Waals surface area contributed by atoms with Gasteiger partial charge >= 0.3 is 0 Å². The quantitative estimate of drug-likeness (QED) is 0.457. The molecule has 3 heteroatoms. The van der Waals surface area contributed by atoms with Gasteiger partial charge in [0.1, 0.15) is 0 Å². The fourth-order valence-electron chi connectivity index (χ4n) is 0.797. The van der Waals surface area contributed by atoms with Crippen molar-refractivity contribution in [2.24, 2.45) is 17.2 Å². The van der Waals surface area contributed by atoms with Crippen LogP contribution in [0.1, 0.15) is 25.7 Å². The molecule has 10 heavy (non-hydrogen) atoms. The summed E-state index contributed by atoms with van der Waals surface area (Å²) in [5, 5.41) is 0. The van der Waals surface area contributed by atoms with Crippen LogP contribution in [0.25, 0.3) is 0 Å². The van der Waals surface area contributed by atoms with Crippen LogP contribution in [-0.2, 0) is 0 Å². The highest BCUT2D eigenvalue weighted by Gasteiger charge is 1.97.